The summed E-state index contributed by atoms with van der Waals surface area (Å²) in [5, 5.41) is 2.66. The van der Waals surface area contributed by atoms with Gasteiger partial charge >= 0.3 is 12.3 Å². The number of amides is 2. The highest BCUT2D eigenvalue weighted by atomic mass is 19.4. The average molecular weight is 438 g/mol. The summed E-state index contributed by atoms with van der Waals surface area (Å²) in [6.45, 7) is 7.14. The van der Waals surface area contributed by atoms with Crippen LogP contribution in [0.1, 0.15) is 39.0 Å². The second-order valence-corrected chi connectivity index (χ2v) is 7.74. The predicted octanol–water partition coefficient (Wildman–Crippen LogP) is 4.04. The Morgan fingerprint density at radius 1 is 1.10 bits per heavy atom. The van der Waals surface area contributed by atoms with Crippen LogP contribution in [0.25, 0.3) is 11.3 Å². The van der Waals surface area contributed by atoms with Gasteiger partial charge in [0.1, 0.15) is 18.5 Å². The number of hydrogen-bond donors (Lipinski definition) is 1. The van der Waals surface area contributed by atoms with E-state index in [1.807, 2.05) is 0 Å². The van der Waals surface area contributed by atoms with Gasteiger partial charge in [0.25, 0.3) is 0 Å². The molecule has 0 aliphatic heterocycles. The van der Waals surface area contributed by atoms with Crippen molar-refractivity contribution in [3.8, 4) is 11.3 Å². The molecule has 0 aliphatic rings. The summed E-state index contributed by atoms with van der Waals surface area (Å²) >= 11 is 0. The molecule has 1 aromatic carbocycles. The number of carbonyl (C=O) groups excluding carboxylic acids is 2. The molecule has 0 unspecified atom stereocenters. The fourth-order valence-electron chi connectivity index (χ4n) is 2.53. The number of aromatic nitrogens is 2. The first-order valence-electron chi connectivity index (χ1n) is 9.62. The normalized spacial score (nSPS) is 11.7. The molecule has 1 aromatic heterocycles. The van der Waals surface area contributed by atoms with Crippen LogP contribution in [0.5, 0.6) is 0 Å². The van der Waals surface area contributed by atoms with Crippen molar-refractivity contribution in [2.75, 3.05) is 13.1 Å². The minimum atomic E-state index is -4.41. The molecule has 31 heavy (non-hydrogen) atoms. The molecule has 2 rings (SSSR count). The summed E-state index contributed by atoms with van der Waals surface area (Å²) in [6.07, 6.45) is -3.73. The summed E-state index contributed by atoms with van der Waals surface area (Å²) in [4.78, 5) is 33.8. The Labute approximate surface area is 178 Å². The van der Waals surface area contributed by atoms with Crippen LogP contribution in [0.4, 0.5) is 18.0 Å². The highest BCUT2D eigenvalue weighted by Gasteiger charge is 2.30. The number of alkyl halides is 3. The van der Waals surface area contributed by atoms with Gasteiger partial charge in [0.2, 0.25) is 5.91 Å². The monoisotopic (exact) mass is 438 g/mol. The molecular formula is C21H25F3N4O3. The smallest absolute Gasteiger partial charge is 0.416 e. The van der Waals surface area contributed by atoms with E-state index in [0.717, 1.165) is 12.1 Å². The quantitative estimate of drug-likeness (QED) is 0.736. The van der Waals surface area contributed by atoms with Crippen LogP contribution in [0.3, 0.4) is 0 Å². The van der Waals surface area contributed by atoms with E-state index in [9.17, 15) is 22.8 Å². The number of ether oxygens (including phenoxy) is 1. The van der Waals surface area contributed by atoms with Gasteiger partial charge in [0.05, 0.1) is 23.5 Å². The molecule has 0 bridgehead atoms. The molecule has 2 aromatic rings. The van der Waals surface area contributed by atoms with E-state index in [1.165, 1.54) is 23.4 Å². The Kier molecular flexibility index (Phi) is 7.59. The van der Waals surface area contributed by atoms with E-state index in [2.05, 4.69) is 15.3 Å². The Bertz CT molecular complexity index is 909. The van der Waals surface area contributed by atoms with Gasteiger partial charge in [-0.2, -0.15) is 13.2 Å². The Morgan fingerprint density at radius 2 is 1.74 bits per heavy atom. The molecule has 168 valence electrons. The maximum atomic E-state index is 12.7. The average Bonchev–Trinajstić information content (AvgIpc) is 2.69. The van der Waals surface area contributed by atoms with Crippen molar-refractivity contribution in [2.45, 2.75) is 46.0 Å². The number of halogens is 3. The first kappa shape index (κ1) is 24.1. The van der Waals surface area contributed by atoms with Crippen LogP contribution >= 0.6 is 0 Å². The molecule has 1 N–H and O–H groups in total. The van der Waals surface area contributed by atoms with Crippen molar-refractivity contribution in [2.24, 2.45) is 0 Å². The summed E-state index contributed by atoms with van der Waals surface area (Å²) in [6, 6.07) is 6.19. The largest absolute Gasteiger partial charge is 0.444 e. The second kappa shape index (κ2) is 9.76. The zero-order chi connectivity index (χ0) is 23.2. The summed E-state index contributed by atoms with van der Waals surface area (Å²) in [5.41, 5.74) is -0.0276. The first-order valence-corrected chi connectivity index (χ1v) is 9.62. The minimum Gasteiger partial charge on any atom is -0.444 e. The fraction of sp³-hybridized carbons (Fsp3) is 0.429. The van der Waals surface area contributed by atoms with Crippen molar-refractivity contribution in [3.63, 3.8) is 0 Å². The number of rotatable bonds is 6. The Balaban J connectivity index is 1.98. The fourth-order valence-corrected chi connectivity index (χ4v) is 2.53. The molecule has 0 fully saturated rings. The van der Waals surface area contributed by atoms with Crippen molar-refractivity contribution in [1.29, 1.82) is 0 Å². The molecule has 2 amide bonds. The highest BCUT2D eigenvalue weighted by Crippen LogP contribution is 2.30. The zero-order valence-electron chi connectivity index (χ0n) is 17.8. The van der Waals surface area contributed by atoms with E-state index in [4.69, 9.17) is 4.74 Å². The SMILES string of the molecule is CCN(CC(=O)NCc1cc(-c2ccc(C(F)(F)F)cc2)ncn1)C(=O)OC(C)(C)C. The van der Waals surface area contributed by atoms with Crippen LogP contribution in [-0.4, -0.2) is 45.6 Å². The van der Waals surface area contributed by atoms with Crippen molar-refractivity contribution in [3.05, 3.63) is 47.9 Å². The van der Waals surface area contributed by atoms with Crippen molar-refractivity contribution < 1.29 is 27.5 Å². The molecule has 0 saturated carbocycles. The topological polar surface area (TPSA) is 84.4 Å². The third-order valence-corrected chi connectivity index (χ3v) is 4.07. The van der Waals surface area contributed by atoms with E-state index < -0.39 is 29.3 Å². The lowest BCUT2D eigenvalue weighted by Gasteiger charge is -2.26. The number of likely N-dealkylation sites (N-methyl/N-ethyl adjacent to an activating group) is 1. The van der Waals surface area contributed by atoms with Gasteiger partial charge in [0, 0.05) is 12.1 Å². The summed E-state index contributed by atoms with van der Waals surface area (Å²) in [5.74, 6) is -0.401. The third kappa shape index (κ3) is 7.54. The van der Waals surface area contributed by atoms with E-state index in [-0.39, 0.29) is 13.1 Å². The van der Waals surface area contributed by atoms with Gasteiger partial charge in [-0.25, -0.2) is 14.8 Å². The van der Waals surface area contributed by atoms with E-state index in [0.29, 0.717) is 23.5 Å². The van der Waals surface area contributed by atoms with Crippen LogP contribution in [0, 0.1) is 0 Å². The number of benzene rings is 1. The standard InChI is InChI=1S/C21H25F3N4O3/c1-5-28(19(30)31-20(2,3)4)12-18(29)25-11-16-10-17(27-13-26-16)14-6-8-15(9-7-14)21(22,23)24/h6-10,13H,5,11-12H2,1-4H3,(H,25,29). The minimum absolute atomic E-state index is 0.0703. The maximum Gasteiger partial charge on any atom is 0.416 e. The van der Waals surface area contributed by atoms with Gasteiger partial charge in [-0.1, -0.05) is 12.1 Å². The van der Waals surface area contributed by atoms with Gasteiger partial charge < -0.3 is 10.1 Å². The zero-order valence-corrected chi connectivity index (χ0v) is 17.8. The van der Waals surface area contributed by atoms with Crippen molar-refractivity contribution in [1.82, 2.24) is 20.2 Å². The number of carbonyl (C=O) groups is 2. The molecule has 0 aliphatic carbocycles. The molecule has 0 radical (unpaired) electrons. The molecule has 7 nitrogen and oxygen atoms in total. The highest BCUT2D eigenvalue weighted by molar-refractivity contribution is 5.82. The first-order chi connectivity index (χ1) is 14.4. The second-order valence-electron chi connectivity index (χ2n) is 7.74. The molecule has 10 heteroatoms. The molecule has 1 heterocycles. The van der Waals surface area contributed by atoms with Gasteiger partial charge in [-0.15, -0.1) is 0 Å². The predicted molar refractivity (Wildman–Crippen MR) is 108 cm³/mol. The Morgan fingerprint density at radius 3 is 2.29 bits per heavy atom. The lowest BCUT2D eigenvalue weighted by Crippen LogP contribution is -2.43. The van der Waals surface area contributed by atoms with Crippen LogP contribution in [-0.2, 0) is 22.3 Å². The Hall–Kier alpha value is -3.17. The molecular weight excluding hydrogens is 413 g/mol. The lowest BCUT2D eigenvalue weighted by molar-refractivity contribution is -0.137. The lowest BCUT2D eigenvalue weighted by atomic mass is 10.1. The number of nitrogens with one attached hydrogen (secondary N) is 1. The van der Waals surface area contributed by atoms with Crippen molar-refractivity contribution >= 4 is 12.0 Å². The number of hydrogen-bond acceptors (Lipinski definition) is 5. The maximum absolute atomic E-state index is 12.7. The van der Waals surface area contributed by atoms with Gasteiger partial charge in [-0.05, 0) is 45.9 Å². The van der Waals surface area contributed by atoms with Crippen LogP contribution in [0.15, 0.2) is 36.7 Å². The van der Waals surface area contributed by atoms with Gasteiger partial charge in [-0.3, -0.25) is 9.69 Å². The molecule has 0 spiro atoms. The van der Waals surface area contributed by atoms with E-state index >= 15 is 0 Å². The summed E-state index contributed by atoms with van der Waals surface area (Å²) < 4.78 is 43.4. The van der Waals surface area contributed by atoms with E-state index in [1.54, 1.807) is 33.8 Å². The molecule has 0 saturated heterocycles. The third-order valence-electron chi connectivity index (χ3n) is 4.07. The van der Waals surface area contributed by atoms with Crippen LogP contribution in [0.2, 0.25) is 0 Å². The van der Waals surface area contributed by atoms with Gasteiger partial charge in [0.15, 0.2) is 0 Å². The molecule has 0 atom stereocenters. The number of nitrogens with zero attached hydrogens (tertiary/aromatic N) is 3. The summed E-state index contributed by atoms with van der Waals surface area (Å²) in [7, 11) is 0. The van der Waals surface area contributed by atoms with Crippen LogP contribution < -0.4 is 5.32 Å².